The maximum Gasteiger partial charge on any atom is 0.293 e. The van der Waals surface area contributed by atoms with Gasteiger partial charge in [0.1, 0.15) is 11.4 Å². The smallest absolute Gasteiger partial charge is 0.293 e. The van der Waals surface area contributed by atoms with Crippen molar-refractivity contribution in [2.24, 2.45) is 0 Å². The number of nitrogens with one attached hydrogen (secondary N) is 3. The lowest BCUT2D eigenvalue weighted by Crippen LogP contribution is -2.44. The van der Waals surface area contributed by atoms with Crippen LogP contribution in [-0.4, -0.2) is 54.4 Å². The van der Waals surface area contributed by atoms with E-state index in [1.807, 2.05) is 4.90 Å². The average Bonchev–Trinajstić information content (AvgIpc) is 3.15. The number of carbonyl (C=O) groups is 1. The summed E-state index contributed by atoms with van der Waals surface area (Å²) in [4.78, 5) is 14.9. The average molecular weight is 358 g/mol. The highest BCUT2D eigenvalue weighted by Gasteiger charge is 2.27. The van der Waals surface area contributed by atoms with E-state index >= 15 is 0 Å². The van der Waals surface area contributed by atoms with Gasteiger partial charge < -0.3 is 30.8 Å². The summed E-state index contributed by atoms with van der Waals surface area (Å²) in [6, 6.07) is 6.41. The number of benzene rings is 1. The van der Waals surface area contributed by atoms with Crippen LogP contribution in [0.5, 0.6) is 5.75 Å². The number of ether oxygens (including phenoxy) is 1. The number of anilines is 1. The minimum Gasteiger partial charge on any atom is -0.508 e. The number of nitrogens with zero attached hydrogens (tertiary/aromatic N) is 1. The van der Waals surface area contributed by atoms with Gasteiger partial charge in [0.25, 0.3) is 5.91 Å². The van der Waals surface area contributed by atoms with Crippen LogP contribution < -0.4 is 10.6 Å². The minimum atomic E-state index is -0.389. The molecule has 1 aromatic carbocycles. The van der Waals surface area contributed by atoms with Crippen molar-refractivity contribution in [3.63, 3.8) is 0 Å². The number of piperazine rings is 1. The molecule has 1 amide bonds. The molecule has 1 aliphatic heterocycles. The molecule has 1 saturated heterocycles. The standard InChI is InChI=1S/C19H26N4O3/c20-13-17(23-10-8-21-9-11-23)18(26-16-6-1-2-7-16)19(25)22-14-4-3-5-15(24)12-14/h3-5,12-13,16,20-21,24H,1-2,6-11H2,(H,22,25)/b18-17-,20-13?. The number of hydrogen-bond donors (Lipinski definition) is 4. The molecule has 26 heavy (non-hydrogen) atoms. The molecule has 4 N–H and O–H groups in total. The summed E-state index contributed by atoms with van der Waals surface area (Å²) in [6.45, 7) is 3.06. The normalized spacial score (nSPS) is 19.0. The van der Waals surface area contributed by atoms with Crippen LogP contribution in [0.25, 0.3) is 0 Å². The van der Waals surface area contributed by atoms with E-state index in [1.54, 1.807) is 18.2 Å². The largest absolute Gasteiger partial charge is 0.508 e. The highest BCUT2D eigenvalue weighted by molar-refractivity contribution is 6.05. The second-order valence-corrected chi connectivity index (χ2v) is 6.62. The predicted molar refractivity (Wildman–Crippen MR) is 100 cm³/mol. The molecule has 1 saturated carbocycles. The zero-order valence-electron chi connectivity index (χ0n) is 14.8. The molecule has 2 aliphatic rings. The summed E-state index contributed by atoms with van der Waals surface area (Å²) < 4.78 is 6.07. The third kappa shape index (κ3) is 4.54. The molecule has 1 aromatic rings. The van der Waals surface area contributed by atoms with Gasteiger partial charge in [0.15, 0.2) is 0 Å². The van der Waals surface area contributed by atoms with Crippen molar-refractivity contribution in [3.8, 4) is 5.75 Å². The van der Waals surface area contributed by atoms with Gasteiger partial charge in [0.05, 0.1) is 6.10 Å². The molecule has 0 atom stereocenters. The maximum atomic E-state index is 12.9. The van der Waals surface area contributed by atoms with Crippen LogP contribution in [0.3, 0.4) is 0 Å². The van der Waals surface area contributed by atoms with Crippen LogP contribution in [0.2, 0.25) is 0 Å². The molecule has 1 aliphatic carbocycles. The molecule has 0 spiro atoms. The van der Waals surface area contributed by atoms with Gasteiger partial charge in [-0.2, -0.15) is 0 Å². The molecule has 0 radical (unpaired) electrons. The molecule has 1 heterocycles. The maximum absolute atomic E-state index is 12.9. The quantitative estimate of drug-likeness (QED) is 0.354. The lowest BCUT2D eigenvalue weighted by Gasteiger charge is -2.31. The van der Waals surface area contributed by atoms with Gasteiger partial charge in [0, 0.05) is 44.1 Å². The molecule has 3 rings (SSSR count). The number of hydrogen-bond acceptors (Lipinski definition) is 6. The Balaban J connectivity index is 1.86. The number of rotatable bonds is 6. The number of allylic oxidation sites excluding steroid dienone is 1. The lowest BCUT2D eigenvalue weighted by molar-refractivity contribution is -0.117. The fraction of sp³-hybridized carbons (Fsp3) is 0.474. The van der Waals surface area contributed by atoms with Crippen molar-refractivity contribution in [2.75, 3.05) is 31.5 Å². The Morgan fingerprint density at radius 2 is 2.04 bits per heavy atom. The Kier molecular flexibility index (Phi) is 6.12. The van der Waals surface area contributed by atoms with Crippen molar-refractivity contribution in [1.29, 1.82) is 5.41 Å². The van der Waals surface area contributed by atoms with Gasteiger partial charge in [-0.1, -0.05) is 6.07 Å². The second kappa shape index (κ2) is 8.71. The second-order valence-electron chi connectivity index (χ2n) is 6.62. The van der Waals surface area contributed by atoms with E-state index in [9.17, 15) is 9.90 Å². The Bertz CT molecular complexity index is 677. The van der Waals surface area contributed by atoms with E-state index in [2.05, 4.69) is 10.6 Å². The molecular formula is C19H26N4O3. The summed E-state index contributed by atoms with van der Waals surface area (Å²) in [5, 5.41) is 23.5. The topological polar surface area (TPSA) is 97.7 Å². The summed E-state index contributed by atoms with van der Waals surface area (Å²) in [7, 11) is 0. The molecular weight excluding hydrogens is 332 g/mol. The number of amides is 1. The molecule has 0 unspecified atom stereocenters. The minimum absolute atomic E-state index is 0.0118. The van der Waals surface area contributed by atoms with Crippen LogP contribution >= 0.6 is 0 Å². The van der Waals surface area contributed by atoms with Gasteiger partial charge in [-0.25, -0.2) is 0 Å². The zero-order chi connectivity index (χ0) is 18.4. The van der Waals surface area contributed by atoms with Crippen LogP contribution in [-0.2, 0) is 9.53 Å². The number of phenols is 1. The summed E-state index contributed by atoms with van der Waals surface area (Å²) >= 11 is 0. The monoisotopic (exact) mass is 358 g/mol. The van der Waals surface area contributed by atoms with Crippen molar-refractivity contribution in [1.82, 2.24) is 10.2 Å². The first-order valence-corrected chi connectivity index (χ1v) is 9.15. The molecule has 0 aromatic heterocycles. The van der Waals surface area contributed by atoms with Gasteiger partial charge in [-0.3, -0.25) is 4.79 Å². The van der Waals surface area contributed by atoms with E-state index < -0.39 is 0 Å². The van der Waals surface area contributed by atoms with Crippen LogP contribution in [0.4, 0.5) is 5.69 Å². The van der Waals surface area contributed by atoms with Crippen LogP contribution in [0, 0.1) is 5.41 Å². The number of carbonyl (C=O) groups excluding carboxylic acids is 1. The predicted octanol–water partition coefficient (Wildman–Crippen LogP) is 2.06. The molecule has 0 bridgehead atoms. The molecule has 2 fully saturated rings. The lowest BCUT2D eigenvalue weighted by atomic mass is 10.2. The number of aromatic hydroxyl groups is 1. The first kappa shape index (κ1) is 18.3. The highest BCUT2D eigenvalue weighted by atomic mass is 16.5. The van der Waals surface area contributed by atoms with E-state index in [1.165, 1.54) is 12.3 Å². The summed E-state index contributed by atoms with van der Waals surface area (Å²) in [6.07, 6.45) is 5.26. The third-order valence-electron chi connectivity index (χ3n) is 4.72. The SMILES string of the molecule is N=C/C(=C(/OC1CCCC1)C(=O)Nc1cccc(O)c1)N1CCNCC1. The Morgan fingerprint density at radius 3 is 2.69 bits per heavy atom. The first-order chi connectivity index (χ1) is 12.7. The van der Waals surface area contributed by atoms with Crippen LogP contribution in [0.1, 0.15) is 25.7 Å². The third-order valence-corrected chi connectivity index (χ3v) is 4.72. The summed E-state index contributed by atoms with van der Waals surface area (Å²) in [5.41, 5.74) is 1.00. The Hall–Kier alpha value is -2.54. The summed E-state index contributed by atoms with van der Waals surface area (Å²) in [5.74, 6) is -0.115. The fourth-order valence-corrected chi connectivity index (χ4v) is 3.38. The van der Waals surface area contributed by atoms with Crippen molar-refractivity contribution >= 4 is 17.8 Å². The van der Waals surface area contributed by atoms with Crippen LogP contribution in [0.15, 0.2) is 35.7 Å². The van der Waals surface area contributed by atoms with Gasteiger partial charge in [-0.05, 0) is 37.8 Å². The molecule has 7 heteroatoms. The van der Waals surface area contributed by atoms with E-state index in [-0.39, 0.29) is 23.5 Å². The fourth-order valence-electron chi connectivity index (χ4n) is 3.38. The number of phenolic OH excluding ortho intramolecular Hbond substituents is 1. The van der Waals surface area contributed by atoms with E-state index in [0.29, 0.717) is 11.4 Å². The van der Waals surface area contributed by atoms with Crippen molar-refractivity contribution < 1.29 is 14.6 Å². The first-order valence-electron chi connectivity index (χ1n) is 9.15. The van der Waals surface area contributed by atoms with Crippen molar-refractivity contribution in [2.45, 2.75) is 31.8 Å². The van der Waals surface area contributed by atoms with Gasteiger partial charge >= 0.3 is 0 Å². The Labute approximate surface area is 153 Å². The van der Waals surface area contributed by atoms with Gasteiger partial charge in [-0.15, -0.1) is 0 Å². The van der Waals surface area contributed by atoms with E-state index in [0.717, 1.165) is 51.9 Å². The van der Waals surface area contributed by atoms with E-state index in [4.69, 9.17) is 10.1 Å². The van der Waals surface area contributed by atoms with Gasteiger partial charge in [0.2, 0.25) is 5.76 Å². The Morgan fingerprint density at radius 1 is 1.31 bits per heavy atom. The zero-order valence-corrected chi connectivity index (χ0v) is 14.8. The highest BCUT2D eigenvalue weighted by Crippen LogP contribution is 2.26. The molecule has 140 valence electrons. The van der Waals surface area contributed by atoms with Crippen molar-refractivity contribution in [3.05, 3.63) is 35.7 Å². The molecule has 7 nitrogen and oxygen atoms in total.